The van der Waals surface area contributed by atoms with Crippen molar-refractivity contribution in [3.05, 3.63) is 35.4 Å². The predicted molar refractivity (Wildman–Crippen MR) is 119 cm³/mol. The van der Waals surface area contributed by atoms with Gasteiger partial charge in [0.05, 0.1) is 18.1 Å². The van der Waals surface area contributed by atoms with Crippen LogP contribution in [-0.2, 0) is 21.2 Å². The summed E-state index contributed by atoms with van der Waals surface area (Å²) in [7, 11) is -2.97. The highest BCUT2D eigenvalue weighted by molar-refractivity contribution is 7.91. The summed E-state index contributed by atoms with van der Waals surface area (Å²) in [5.74, 6) is 1.06. The minimum absolute atomic E-state index is 0.106. The van der Waals surface area contributed by atoms with E-state index in [2.05, 4.69) is 47.9 Å². The third-order valence-corrected chi connectivity index (χ3v) is 8.46. The highest BCUT2D eigenvalue weighted by Crippen LogP contribution is 2.32. The van der Waals surface area contributed by atoms with Gasteiger partial charge in [0.2, 0.25) is 5.91 Å². The van der Waals surface area contributed by atoms with Crippen molar-refractivity contribution in [3.63, 3.8) is 0 Å². The van der Waals surface area contributed by atoms with Crippen molar-refractivity contribution >= 4 is 15.7 Å². The van der Waals surface area contributed by atoms with Crippen molar-refractivity contribution in [2.75, 3.05) is 44.2 Å². The number of benzene rings is 1. The smallest absolute Gasteiger partial charge is 0.237 e. The minimum Gasteiger partial charge on any atom is -0.335 e. The maximum atomic E-state index is 13.0. The number of piperazine rings is 1. The molecule has 0 bridgehead atoms. The maximum Gasteiger partial charge on any atom is 0.237 e. The summed E-state index contributed by atoms with van der Waals surface area (Å²) in [6.07, 6.45) is 2.64. The van der Waals surface area contributed by atoms with E-state index in [4.69, 9.17) is 0 Å². The van der Waals surface area contributed by atoms with Crippen LogP contribution in [0, 0.1) is 0 Å². The topological polar surface area (TPSA) is 60.9 Å². The van der Waals surface area contributed by atoms with Gasteiger partial charge in [-0.05, 0) is 36.3 Å². The number of nitrogens with zero attached hydrogens (tertiary/aromatic N) is 3. The largest absolute Gasteiger partial charge is 0.335 e. The van der Waals surface area contributed by atoms with Gasteiger partial charge in [-0.2, -0.15) is 0 Å². The molecule has 166 valence electrons. The standard InChI is InChI=1S/C23H35N3O3S/c1-18(2)20-5-3-19(4-6-20)15-24-10-12-25(13-11-24)16-23(27)26(21-7-8-21)22-9-14-30(28,29)17-22/h3-6,18,21-22H,7-17H2,1-2H3/t22-/m0/s1. The minimum atomic E-state index is -2.97. The zero-order valence-corrected chi connectivity index (χ0v) is 19.1. The molecule has 3 aliphatic rings. The number of rotatable bonds is 7. The molecule has 0 spiro atoms. The number of amides is 1. The van der Waals surface area contributed by atoms with Crippen LogP contribution in [0.1, 0.15) is 50.2 Å². The maximum absolute atomic E-state index is 13.0. The Morgan fingerprint density at radius 1 is 1.00 bits per heavy atom. The van der Waals surface area contributed by atoms with Crippen LogP contribution in [-0.4, -0.2) is 85.3 Å². The molecular formula is C23H35N3O3S. The van der Waals surface area contributed by atoms with E-state index < -0.39 is 9.84 Å². The van der Waals surface area contributed by atoms with Crippen LogP contribution in [0.25, 0.3) is 0 Å². The fourth-order valence-corrected chi connectivity index (χ4v) is 6.41. The lowest BCUT2D eigenvalue weighted by atomic mass is 10.0. The van der Waals surface area contributed by atoms with Gasteiger partial charge in [0.25, 0.3) is 0 Å². The molecule has 1 amide bonds. The second-order valence-corrected chi connectivity index (χ2v) is 11.8. The molecule has 2 saturated heterocycles. The molecule has 1 aromatic rings. The predicted octanol–water partition coefficient (Wildman–Crippen LogP) is 2.11. The molecule has 1 aromatic carbocycles. The number of hydrogen-bond donors (Lipinski definition) is 0. The van der Waals surface area contributed by atoms with Crippen LogP contribution < -0.4 is 0 Å². The average molecular weight is 434 g/mol. The van der Waals surface area contributed by atoms with E-state index in [9.17, 15) is 13.2 Å². The van der Waals surface area contributed by atoms with Crippen LogP contribution in [0.15, 0.2) is 24.3 Å². The number of hydrogen-bond acceptors (Lipinski definition) is 5. The molecule has 1 saturated carbocycles. The lowest BCUT2D eigenvalue weighted by molar-refractivity contribution is -0.135. The summed E-state index contributed by atoms with van der Waals surface area (Å²) in [6, 6.07) is 9.08. The number of carbonyl (C=O) groups excluding carboxylic acids is 1. The number of carbonyl (C=O) groups is 1. The molecule has 7 heteroatoms. The van der Waals surface area contributed by atoms with Gasteiger partial charge in [-0.25, -0.2) is 8.42 Å². The van der Waals surface area contributed by atoms with Crippen LogP contribution in [0.3, 0.4) is 0 Å². The summed E-state index contributed by atoms with van der Waals surface area (Å²) < 4.78 is 23.8. The first kappa shape index (κ1) is 21.8. The van der Waals surface area contributed by atoms with Gasteiger partial charge in [-0.1, -0.05) is 38.1 Å². The van der Waals surface area contributed by atoms with Crippen molar-refractivity contribution in [1.29, 1.82) is 0 Å². The van der Waals surface area contributed by atoms with E-state index >= 15 is 0 Å². The normalized spacial score (nSPS) is 25.0. The van der Waals surface area contributed by atoms with Crippen molar-refractivity contribution in [2.45, 2.75) is 57.7 Å². The highest BCUT2D eigenvalue weighted by atomic mass is 32.2. The average Bonchev–Trinajstić information content (AvgIpc) is 3.46. The molecule has 1 atom stereocenters. The third-order valence-electron chi connectivity index (χ3n) is 6.71. The molecular weight excluding hydrogens is 398 g/mol. The Bertz CT molecular complexity index is 841. The lowest BCUT2D eigenvalue weighted by Crippen LogP contribution is -2.52. The fourth-order valence-electron chi connectivity index (χ4n) is 4.70. The molecule has 3 fully saturated rings. The van der Waals surface area contributed by atoms with Crippen LogP contribution in [0.4, 0.5) is 0 Å². The Labute approximate surface area is 181 Å². The Kier molecular flexibility index (Phi) is 6.51. The van der Waals surface area contributed by atoms with E-state index in [1.165, 1.54) is 11.1 Å². The van der Waals surface area contributed by atoms with Crippen molar-refractivity contribution in [2.24, 2.45) is 0 Å². The zero-order chi connectivity index (χ0) is 21.3. The lowest BCUT2D eigenvalue weighted by Gasteiger charge is -2.36. The quantitative estimate of drug-likeness (QED) is 0.659. The van der Waals surface area contributed by atoms with Gasteiger partial charge in [0.1, 0.15) is 0 Å². The first-order valence-corrected chi connectivity index (χ1v) is 13.2. The molecule has 0 N–H and O–H groups in total. The van der Waals surface area contributed by atoms with Crippen molar-refractivity contribution in [3.8, 4) is 0 Å². The summed E-state index contributed by atoms with van der Waals surface area (Å²) in [5.41, 5.74) is 2.71. The first-order chi connectivity index (χ1) is 14.3. The van der Waals surface area contributed by atoms with Crippen LogP contribution in [0.2, 0.25) is 0 Å². The van der Waals surface area contributed by atoms with Crippen LogP contribution in [0.5, 0.6) is 0 Å². The van der Waals surface area contributed by atoms with E-state index in [0.29, 0.717) is 18.9 Å². The molecule has 6 nitrogen and oxygen atoms in total. The Morgan fingerprint density at radius 2 is 1.63 bits per heavy atom. The van der Waals surface area contributed by atoms with Gasteiger partial charge >= 0.3 is 0 Å². The van der Waals surface area contributed by atoms with Gasteiger partial charge in [0, 0.05) is 44.8 Å². The van der Waals surface area contributed by atoms with E-state index in [0.717, 1.165) is 45.6 Å². The first-order valence-electron chi connectivity index (χ1n) is 11.4. The zero-order valence-electron chi connectivity index (χ0n) is 18.3. The molecule has 30 heavy (non-hydrogen) atoms. The third kappa shape index (κ3) is 5.42. The van der Waals surface area contributed by atoms with Crippen molar-refractivity contribution < 1.29 is 13.2 Å². The summed E-state index contributed by atoms with van der Waals surface area (Å²) >= 11 is 0. The Morgan fingerprint density at radius 3 is 2.17 bits per heavy atom. The molecule has 0 unspecified atom stereocenters. The molecule has 0 radical (unpaired) electrons. The second kappa shape index (κ2) is 8.97. The Balaban J connectivity index is 1.26. The van der Waals surface area contributed by atoms with Gasteiger partial charge in [-0.15, -0.1) is 0 Å². The van der Waals surface area contributed by atoms with E-state index in [1.807, 2.05) is 4.90 Å². The highest BCUT2D eigenvalue weighted by Gasteiger charge is 2.42. The van der Waals surface area contributed by atoms with Gasteiger partial charge in [-0.3, -0.25) is 14.6 Å². The molecule has 0 aromatic heterocycles. The molecule has 2 aliphatic heterocycles. The van der Waals surface area contributed by atoms with E-state index in [-0.39, 0.29) is 29.5 Å². The molecule has 4 rings (SSSR count). The van der Waals surface area contributed by atoms with Gasteiger partial charge < -0.3 is 4.90 Å². The SMILES string of the molecule is CC(C)c1ccc(CN2CCN(CC(=O)N(C3CC3)[C@H]3CCS(=O)(=O)C3)CC2)cc1. The van der Waals surface area contributed by atoms with Crippen LogP contribution >= 0.6 is 0 Å². The second-order valence-electron chi connectivity index (χ2n) is 9.54. The summed E-state index contributed by atoms with van der Waals surface area (Å²) in [4.78, 5) is 19.6. The summed E-state index contributed by atoms with van der Waals surface area (Å²) in [6.45, 7) is 9.49. The fraction of sp³-hybridized carbons (Fsp3) is 0.696. The van der Waals surface area contributed by atoms with Gasteiger partial charge in [0.15, 0.2) is 9.84 Å². The summed E-state index contributed by atoms with van der Waals surface area (Å²) in [5, 5.41) is 0. The molecule has 1 aliphatic carbocycles. The van der Waals surface area contributed by atoms with E-state index in [1.54, 1.807) is 0 Å². The van der Waals surface area contributed by atoms with Crippen molar-refractivity contribution in [1.82, 2.24) is 14.7 Å². The molecule has 2 heterocycles. The number of sulfone groups is 1. The Hall–Kier alpha value is -1.44. The monoisotopic (exact) mass is 433 g/mol.